The molecule has 1 saturated carbocycles. The third kappa shape index (κ3) is 5.15. The molecule has 1 N–H and O–H groups in total. The number of piperazine rings is 1. The van der Waals surface area contributed by atoms with E-state index in [4.69, 9.17) is 9.47 Å². The number of hydrogen-bond acceptors (Lipinski definition) is 4. The van der Waals surface area contributed by atoms with E-state index in [2.05, 4.69) is 22.3 Å². The van der Waals surface area contributed by atoms with Crippen LogP contribution in [-0.2, 0) is 0 Å². The molecule has 0 bridgehead atoms. The Balaban J connectivity index is 0.00000132. The maximum Gasteiger partial charge on any atom is 0.127 e. The fourth-order valence-electron chi connectivity index (χ4n) is 3.23. The van der Waals surface area contributed by atoms with E-state index < -0.39 is 0 Å². The van der Waals surface area contributed by atoms with Crippen molar-refractivity contribution < 1.29 is 9.47 Å². The fraction of sp³-hybridized carbons (Fsp3) is 0.647. The summed E-state index contributed by atoms with van der Waals surface area (Å²) >= 11 is 0. The highest BCUT2D eigenvalue weighted by molar-refractivity contribution is 5.85. The highest BCUT2D eigenvalue weighted by atomic mass is 35.5. The zero-order valence-corrected chi connectivity index (χ0v) is 15.5. The lowest BCUT2D eigenvalue weighted by Crippen LogP contribution is -2.45. The van der Waals surface area contributed by atoms with Crippen molar-refractivity contribution in [1.29, 1.82) is 0 Å². The number of halogens is 2. The Morgan fingerprint density at radius 1 is 1.13 bits per heavy atom. The van der Waals surface area contributed by atoms with E-state index in [-0.39, 0.29) is 24.8 Å². The summed E-state index contributed by atoms with van der Waals surface area (Å²) in [5.74, 6) is 2.72. The number of nitrogens with one attached hydrogen (secondary N) is 1. The topological polar surface area (TPSA) is 33.7 Å². The second-order valence-electron chi connectivity index (χ2n) is 6.09. The molecule has 0 radical (unpaired) electrons. The summed E-state index contributed by atoms with van der Waals surface area (Å²) in [6, 6.07) is 6.73. The van der Waals surface area contributed by atoms with Gasteiger partial charge in [-0.1, -0.05) is 18.9 Å². The first-order chi connectivity index (χ1) is 10.3. The monoisotopic (exact) mass is 362 g/mol. The van der Waals surface area contributed by atoms with Crippen LogP contribution in [0.2, 0.25) is 0 Å². The Morgan fingerprint density at radius 3 is 2.39 bits per heavy atom. The van der Waals surface area contributed by atoms with Crippen LogP contribution in [0.15, 0.2) is 18.2 Å². The van der Waals surface area contributed by atoms with Crippen LogP contribution in [0, 0.1) is 5.92 Å². The first-order valence-corrected chi connectivity index (χ1v) is 7.98. The van der Waals surface area contributed by atoms with Crippen molar-refractivity contribution in [3.05, 3.63) is 23.8 Å². The average molecular weight is 363 g/mol. The highest BCUT2D eigenvalue weighted by Crippen LogP contribution is 2.43. The molecular weight excluding hydrogens is 335 g/mol. The Hall–Kier alpha value is -0.680. The van der Waals surface area contributed by atoms with Gasteiger partial charge in [-0.2, -0.15) is 0 Å². The van der Waals surface area contributed by atoms with Crippen LogP contribution in [0.1, 0.15) is 30.9 Å². The zero-order chi connectivity index (χ0) is 14.7. The average Bonchev–Trinajstić information content (AvgIpc) is 3.37. The van der Waals surface area contributed by atoms with E-state index in [1.165, 1.54) is 24.8 Å². The van der Waals surface area contributed by atoms with Gasteiger partial charge >= 0.3 is 0 Å². The van der Waals surface area contributed by atoms with Gasteiger partial charge in [-0.3, -0.25) is 4.90 Å². The molecule has 2 aliphatic rings. The first-order valence-electron chi connectivity index (χ1n) is 7.98. The SMILES string of the molecule is COc1ccc([C@@H](CC2CC2)N2CCNCC2)c(OC)c1.Cl.Cl. The number of nitrogens with zero attached hydrogens (tertiary/aromatic N) is 1. The molecule has 23 heavy (non-hydrogen) atoms. The van der Waals surface area contributed by atoms with Gasteiger partial charge in [0, 0.05) is 43.9 Å². The molecule has 2 fully saturated rings. The van der Waals surface area contributed by atoms with Gasteiger partial charge < -0.3 is 14.8 Å². The number of benzene rings is 1. The minimum Gasteiger partial charge on any atom is -0.497 e. The van der Waals surface area contributed by atoms with Crippen molar-refractivity contribution in [1.82, 2.24) is 10.2 Å². The van der Waals surface area contributed by atoms with Gasteiger partial charge in [0.15, 0.2) is 0 Å². The van der Waals surface area contributed by atoms with Gasteiger partial charge in [-0.05, 0) is 18.4 Å². The Labute approximate surface area is 151 Å². The number of hydrogen-bond donors (Lipinski definition) is 1. The molecule has 1 aliphatic carbocycles. The summed E-state index contributed by atoms with van der Waals surface area (Å²) in [5, 5.41) is 3.44. The summed E-state index contributed by atoms with van der Waals surface area (Å²) in [5.41, 5.74) is 1.31. The summed E-state index contributed by atoms with van der Waals surface area (Å²) in [6.45, 7) is 4.40. The van der Waals surface area contributed by atoms with Crippen LogP contribution in [0.3, 0.4) is 0 Å². The summed E-state index contributed by atoms with van der Waals surface area (Å²) < 4.78 is 11.0. The molecule has 0 spiro atoms. The Morgan fingerprint density at radius 2 is 1.83 bits per heavy atom. The van der Waals surface area contributed by atoms with Crippen LogP contribution >= 0.6 is 24.8 Å². The molecule has 1 saturated heterocycles. The van der Waals surface area contributed by atoms with Gasteiger partial charge in [0.25, 0.3) is 0 Å². The molecule has 3 rings (SSSR count). The molecule has 6 heteroatoms. The predicted molar refractivity (Wildman–Crippen MR) is 98.6 cm³/mol. The Bertz CT molecular complexity index is 478. The first kappa shape index (κ1) is 20.4. The van der Waals surface area contributed by atoms with Crippen molar-refractivity contribution in [3.63, 3.8) is 0 Å². The lowest BCUT2D eigenvalue weighted by Gasteiger charge is -2.36. The quantitative estimate of drug-likeness (QED) is 0.841. The molecule has 1 aromatic rings. The molecule has 132 valence electrons. The third-order valence-electron chi connectivity index (χ3n) is 4.65. The van der Waals surface area contributed by atoms with E-state index in [1.807, 2.05) is 6.07 Å². The smallest absolute Gasteiger partial charge is 0.127 e. The van der Waals surface area contributed by atoms with E-state index in [9.17, 15) is 0 Å². The molecule has 4 nitrogen and oxygen atoms in total. The van der Waals surface area contributed by atoms with Crippen LogP contribution in [0.4, 0.5) is 0 Å². The lowest BCUT2D eigenvalue weighted by atomic mass is 9.97. The van der Waals surface area contributed by atoms with Crippen molar-refractivity contribution in [2.75, 3.05) is 40.4 Å². The van der Waals surface area contributed by atoms with Gasteiger partial charge in [0.05, 0.1) is 14.2 Å². The molecule has 1 atom stereocenters. The zero-order valence-electron chi connectivity index (χ0n) is 13.9. The molecule has 0 unspecified atom stereocenters. The fourth-order valence-corrected chi connectivity index (χ4v) is 3.23. The van der Waals surface area contributed by atoms with Crippen LogP contribution in [-0.4, -0.2) is 45.3 Å². The lowest BCUT2D eigenvalue weighted by molar-refractivity contribution is 0.157. The molecule has 0 aromatic heterocycles. The van der Waals surface area contributed by atoms with Crippen molar-refractivity contribution in [3.8, 4) is 11.5 Å². The molecule has 1 aliphatic heterocycles. The maximum absolute atomic E-state index is 5.64. The van der Waals surface area contributed by atoms with Gasteiger partial charge in [0.1, 0.15) is 11.5 Å². The second-order valence-corrected chi connectivity index (χ2v) is 6.09. The molecule has 1 heterocycles. The van der Waals surface area contributed by atoms with Crippen LogP contribution in [0.5, 0.6) is 11.5 Å². The summed E-state index contributed by atoms with van der Waals surface area (Å²) in [7, 11) is 3.46. The van der Waals surface area contributed by atoms with Crippen molar-refractivity contribution in [2.45, 2.75) is 25.3 Å². The van der Waals surface area contributed by atoms with Crippen LogP contribution < -0.4 is 14.8 Å². The maximum atomic E-state index is 5.64. The van der Waals surface area contributed by atoms with E-state index >= 15 is 0 Å². The normalized spacial score (nSPS) is 19.2. The molecule has 1 aromatic carbocycles. The number of methoxy groups -OCH3 is 2. The largest absolute Gasteiger partial charge is 0.497 e. The summed E-state index contributed by atoms with van der Waals surface area (Å²) in [6.07, 6.45) is 4.03. The minimum atomic E-state index is 0. The van der Waals surface area contributed by atoms with E-state index in [1.54, 1.807) is 14.2 Å². The van der Waals surface area contributed by atoms with E-state index in [0.29, 0.717) is 6.04 Å². The van der Waals surface area contributed by atoms with Crippen molar-refractivity contribution >= 4 is 24.8 Å². The van der Waals surface area contributed by atoms with Gasteiger partial charge in [-0.25, -0.2) is 0 Å². The van der Waals surface area contributed by atoms with Gasteiger partial charge in [0.2, 0.25) is 0 Å². The standard InChI is InChI=1S/C17H26N2O2.2ClH/c1-20-14-5-6-15(17(12-14)21-2)16(11-13-3-4-13)19-9-7-18-8-10-19;;/h5-6,12-13,16,18H,3-4,7-11H2,1-2H3;2*1H/t16-;;/m1../s1. The summed E-state index contributed by atoms with van der Waals surface area (Å²) in [4.78, 5) is 2.61. The Kier molecular flexibility index (Phi) is 8.48. The van der Waals surface area contributed by atoms with Gasteiger partial charge in [-0.15, -0.1) is 24.8 Å². The van der Waals surface area contributed by atoms with Crippen molar-refractivity contribution in [2.24, 2.45) is 5.92 Å². The number of rotatable bonds is 6. The molecule has 0 amide bonds. The molecular formula is C17H28Cl2N2O2. The van der Waals surface area contributed by atoms with Crippen LogP contribution in [0.25, 0.3) is 0 Å². The highest BCUT2D eigenvalue weighted by Gasteiger charge is 2.32. The third-order valence-corrected chi connectivity index (χ3v) is 4.65. The predicted octanol–water partition coefficient (Wildman–Crippen LogP) is 3.29. The van der Waals surface area contributed by atoms with E-state index in [0.717, 1.165) is 43.6 Å². The second kappa shape index (κ2) is 9.58. The number of ether oxygens (including phenoxy) is 2. The minimum absolute atomic E-state index is 0.